The Hall–Kier alpha value is -1.83. The van der Waals surface area contributed by atoms with Gasteiger partial charge in [0, 0.05) is 0 Å². The van der Waals surface area contributed by atoms with Crippen LogP contribution in [0.5, 0.6) is 0 Å². The van der Waals surface area contributed by atoms with Gasteiger partial charge in [0.15, 0.2) is 0 Å². The molecule has 0 spiro atoms. The van der Waals surface area contributed by atoms with Crippen LogP contribution in [0.4, 0.5) is 0 Å². The second-order valence-corrected chi connectivity index (χ2v) is 4.63. The third-order valence-corrected chi connectivity index (χ3v) is 3.11. The van der Waals surface area contributed by atoms with Crippen molar-refractivity contribution in [2.75, 3.05) is 0 Å². The van der Waals surface area contributed by atoms with Gasteiger partial charge in [-0.05, 0) is 35.1 Å². The normalized spacial score (nSPS) is 9.74. The number of aliphatic carboxylic acids is 1. The van der Waals surface area contributed by atoms with E-state index in [1.165, 1.54) is 12.8 Å². The number of unbranched alkanes of at least 4 members (excludes halogenated alkanes) is 3. The van der Waals surface area contributed by atoms with Crippen molar-refractivity contribution in [3.8, 4) is 0 Å². The van der Waals surface area contributed by atoms with Crippen LogP contribution in [0.25, 0.3) is 0 Å². The van der Waals surface area contributed by atoms with Gasteiger partial charge in [-0.3, -0.25) is 0 Å². The predicted molar refractivity (Wildman–Crippen MR) is 82.1 cm³/mol. The molecular formula is C17H24O2. The van der Waals surface area contributed by atoms with E-state index < -0.39 is 5.97 Å². The Labute approximate surface area is 116 Å². The molecule has 0 unspecified atom stereocenters. The fourth-order valence-corrected chi connectivity index (χ4v) is 1.62. The lowest BCUT2D eigenvalue weighted by atomic mass is 9.90. The molecule has 2 heteroatoms. The zero-order chi connectivity index (χ0) is 15.0. The Morgan fingerprint density at radius 3 is 1.84 bits per heavy atom. The van der Waals surface area contributed by atoms with Gasteiger partial charge in [-0.2, -0.15) is 0 Å². The maximum Gasteiger partial charge on any atom is 0.335 e. The van der Waals surface area contributed by atoms with Crippen LogP contribution >= 0.6 is 0 Å². The molecule has 0 fully saturated rings. The molecule has 0 aliphatic heterocycles. The van der Waals surface area contributed by atoms with Gasteiger partial charge < -0.3 is 5.11 Å². The minimum atomic E-state index is -1.09. The molecule has 0 aromatic heterocycles. The molecule has 0 aromatic rings. The lowest BCUT2D eigenvalue weighted by Crippen LogP contribution is -2.04. The van der Waals surface area contributed by atoms with Gasteiger partial charge >= 0.3 is 5.97 Å². The molecule has 19 heavy (non-hydrogen) atoms. The molecule has 0 rings (SSSR count). The molecule has 0 saturated carbocycles. The van der Waals surface area contributed by atoms with Gasteiger partial charge in [0.25, 0.3) is 0 Å². The highest BCUT2D eigenvalue weighted by atomic mass is 16.4. The van der Waals surface area contributed by atoms with Gasteiger partial charge in [0.05, 0.1) is 5.57 Å². The van der Waals surface area contributed by atoms with E-state index in [9.17, 15) is 4.79 Å². The Bertz CT molecular complexity index is 425. The van der Waals surface area contributed by atoms with Crippen molar-refractivity contribution in [1.82, 2.24) is 0 Å². The Balaban J connectivity index is 4.45. The Kier molecular flexibility index (Phi) is 7.50. The predicted octanol–water partition coefficient (Wildman–Crippen LogP) is 4.82. The van der Waals surface area contributed by atoms with Crippen molar-refractivity contribution in [2.24, 2.45) is 0 Å². The van der Waals surface area contributed by atoms with Crippen LogP contribution in [-0.2, 0) is 4.79 Å². The van der Waals surface area contributed by atoms with Crippen molar-refractivity contribution < 1.29 is 9.90 Å². The molecule has 0 radical (unpaired) electrons. The van der Waals surface area contributed by atoms with Crippen molar-refractivity contribution in [3.63, 3.8) is 0 Å². The molecule has 2 nitrogen and oxygen atoms in total. The maximum atomic E-state index is 10.8. The third kappa shape index (κ3) is 5.56. The van der Waals surface area contributed by atoms with Crippen LogP contribution in [-0.4, -0.2) is 11.1 Å². The number of hydrogen-bond donors (Lipinski definition) is 1. The first-order valence-corrected chi connectivity index (χ1v) is 6.51. The summed E-state index contributed by atoms with van der Waals surface area (Å²) in [6.45, 7) is 21.1. The van der Waals surface area contributed by atoms with Crippen molar-refractivity contribution in [1.29, 1.82) is 0 Å². The van der Waals surface area contributed by atoms with E-state index in [1.807, 2.05) is 0 Å². The maximum absolute atomic E-state index is 10.8. The number of carboxylic acid groups (broad SMARTS) is 1. The van der Waals surface area contributed by atoms with E-state index in [1.54, 1.807) is 0 Å². The molecule has 0 bridgehead atoms. The Morgan fingerprint density at radius 2 is 1.37 bits per heavy atom. The first-order chi connectivity index (χ1) is 8.82. The number of hydrogen-bond acceptors (Lipinski definition) is 1. The smallest absolute Gasteiger partial charge is 0.335 e. The average Bonchev–Trinajstić information content (AvgIpc) is 2.39. The summed E-state index contributed by atoms with van der Waals surface area (Å²) >= 11 is 0. The molecule has 1 N–H and O–H groups in total. The highest BCUT2D eigenvalue weighted by Gasteiger charge is 2.14. The molecule has 0 heterocycles. The molecule has 0 saturated heterocycles. The lowest BCUT2D eigenvalue weighted by molar-refractivity contribution is -0.132. The summed E-state index contributed by atoms with van der Waals surface area (Å²) in [5, 5.41) is 8.87. The minimum absolute atomic E-state index is 0.0510. The quantitative estimate of drug-likeness (QED) is 0.347. The van der Waals surface area contributed by atoms with Crippen LogP contribution in [0, 0.1) is 0 Å². The van der Waals surface area contributed by atoms with Crippen molar-refractivity contribution in [2.45, 2.75) is 39.0 Å². The number of carboxylic acids is 1. The standard InChI is InChI=1S/C17H24O2/c1-7-8-9-10-11-12(2)13(3)14(4)15(5)16(6)17(18)19/h2-11H2,1H3,(H,18,19). The molecule has 104 valence electrons. The highest BCUT2D eigenvalue weighted by molar-refractivity contribution is 5.93. The van der Waals surface area contributed by atoms with Gasteiger partial charge in [-0.1, -0.05) is 59.1 Å². The summed E-state index contributed by atoms with van der Waals surface area (Å²) < 4.78 is 0. The molecular weight excluding hydrogens is 236 g/mol. The number of rotatable bonds is 10. The summed E-state index contributed by atoms with van der Waals surface area (Å²) in [7, 11) is 0. The van der Waals surface area contributed by atoms with Crippen molar-refractivity contribution >= 4 is 5.97 Å². The lowest BCUT2D eigenvalue weighted by Gasteiger charge is -2.14. The van der Waals surface area contributed by atoms with Crippen LogP contribution in [0.1, 0.15) is 39.0 Å². The van der Waals surface area contributed by atoms with E-state index in [0.29, 0.717) is 16.7 Å². The first kappa shape index (κ1) is 17.2. The van der Waals surface area contributed by atoms with Crippen LogP contribution < -0.4 is 0 Å². The summed E-state index contributed by atoms with van der Waals surface area (Å²) in [5.74, 6) is -1.09. The highest BCUT2D eigenvalue weighted by Crippen LogP contribution is 2.27. The van der Waals surface area contributed by atoms with E-state index >= 15 is 0 Å². The van der Waals surface area contributed by atoms with E-state index in [0.717, 1.165) is 24.8 Å². The monoisotopic (exact) mass is 260 g/mol. The van der Waals surface area contributed by atoms with Gasteiger partial charge in [-0.25, -0.2) is 4.79 Å². The molecule has 0 aliphatic carbocycles. The number of allylic oxidation sites excluding steroid dienone is 3. The zero-order valence-electron chi connectivity index (χ0n) is 11.9. The van der Waals surface area contributed by atoms with Gasteiger partial charge in [0.2, 0.25) is 0 Å². The second-order valence-electron chi connectivity index (χ2n) is 4.63. The number of carbonyl (C=O) groups is 1. The zero-order valence-corrected chi connectivity index (χ0v) is 11.9. The fraction of sp³-hybridized carbons (Fsp3) is 0.353. The van der Waals surface area contributed by atoms with Gasteiger partial charge in [0.1, 0.15) is 0 Å². The topological polar surface area (TPSA) is 37.3 Å². The van der Waals surface area contributed by atoms with E-state index in [4.69, 9.17) is 5.11 Å². The van der Waals surface area contributed by atoms with Gasteiger partial charge in [-0.15, -0.1) is 0 Å². The second kappa shape index (κ2) is 8.30. The van der Waals surface area contributed by atoms with Crippen molar-refractivity contribution in [3.05, 3.63) is 60.8 Å². The van der Waals surface area contributed by atoms with Crippen LogP contribution in [0.3, 0.4) is 0 Å². The summed E-state index contributed by atoms with van der Waals surface area (Å²) in [5.41, 5.74) is 2.33. The van der Waals surface area contributed by atoms with E-state index in [2.05, 4.69) is 39.8 Å². The minimum Gasteiger partial charge on any atom is -0.478 e. The fourth-order valence-electron chi connectivity index (χ4n) is 1.62. The van der Waals surface area contributed by atoms with E-state index in [-0.39, 0.29) is 5.57 Å². The first-order valence-electron chi connectivity index (χ1n) is 6.51. The summed E-state index contributed by atoms with van der Waals surface area (Å²) in [4.78, 5) is 10.8. The Morgan fingerprint density at radius 1 is 0.842 bits per heavy atom. The third-order valence-electron chi connectivity index (χ3n) is 3.11. The largest absolute Gasteiger partial charge is 0.478 e. The molecule has 0 aliphatic rings. The summed E-state index contributed by atoms with van der Waals surface area (Å²) in [6, 6.07) is 0. The molecule has 0 amide bonds. The SMILES string of the molecule is C=C(CCCCCC)C(=C)C(=C)C(=C)C(=C)C(=O)O. The molecule has 0 atom stereocenters. The van der Waals surface area contributed by atoms with Crippen LogP contribution in [0.2, 0.25) is 0 Å². The molecule has 0 aromatic carbocycles. The average molecular weight is 260 g/mol. The summed E-state index contributed by atoms with van der Waals surface area (Å²) in [6.07, 6.45) is 5.48. The van der Waals surface area contributed by atoms with Crippen LogP contribution in [0.15, 0.2) is 60.8 Å².